The Morgan fingerprint density at radius 2 is 1.81 bits per heavy atom. The monoisotopic (exact) mass is 240 g/mol. The number of carbonyl (C=O) groups is 2. The highest BCUT2D eigenvalue weighted by molar-refractivity contribution is 5.88. The van der Waals surface area contributed by atoms with E-state index >= 15 is 0 Å². The largest absolute Gasteiger partial charge is 0.469 e. The van der Waals surface area contributed by atoms with Gasteiger partial charge in [-0.25, -0.2) is 4.79 Å². The van der Waals surface area contributed by atoms with Gasteiger partial charge in [-0.05, 0) is 6.42 Å². The Morgan fingerprint density at radius 1 is 1.25 bits per heavy atom. The number of esters is 2. The van der Waals surface area contributed by atoms with Crippen molar-refractivity contribution in [1.29, 1.82) is 0 Å². The number of carbonyl (C=O) groups excluding carboxylic acids is 2. The molecule has 0 radical (unpaired) electrons. The summed E-state index contributed by atoms with van der Waals surface area (Å²) in [5, 5.41) is 0. The minimum Gasteiger partial charge on any atom is -0.469 e. The Balaban J connectivity index is 3.92. The molecule has 7 heteroatoms. The smallest absolute Gasteiger partial charge is 0.422 e. The summed E-state index contributed by atoms with van der Waals surface area (Å²) in [5.74, 6) is -1.74. The third kappa shape index (κ3) is 6.86. The molecule has 0 aliphatic heterocycles. The molecule has 0 bridgehead atoms. The highest BCUT2D eigenvalue weighted by Gasteiger charge is 2.29. The minimum absolute atomic E-state index is 0.0939. The summed E-state index contributed by atoms with van der Waals surface area (Å²) in [5.41, 5.74) is -0.199. The number of alkyl halides is 3. The van der Waals surface area contributed by atoms with Gasteiger partial charge in [0, 0.05) is 12.0 Å². The molecular weight excluding hydrogens is 229 g/mol. The van der Waals surface area contributed by atoms with E-state index in [0.717, 1.165) is 7.11 Å². The van der Waals surface area contributed by atoms with Crippen LogP contribution in [0.15, 0.2) is 12.2 Å². The first-order valence-corrected chi connectivity index (χ1v) is 4.24. The maximum Gasteiger partial charge on any atom is 0.422 e. The van der Waals surface area contributed by atoms with Gasteiger partial charge >= 0.3 is 18.1 Å². The first-order valence-electron chi connectivity index (χ1n) is 4.24. The van der Waals surface area contributed by atoms with E-state index in [4.69, 9.17) is 0 Å². The molecule has 0 aromatic rings. The topological polar surface area (TPSA) is 52.6 Å². The molecule has 0 aliphatic carbocycles. The van der Waals surface area contributed by atoms with Gasteiger partial charge in [0.1, 0.15) is 0 Å². The van der Waals surface area contributed by atoms with Crippen LogP contribution in [-0.4, -0.2) is 31.8 Å². The number of rotatable bonds is 5. The van der Waals surface area contributed by atoms with Crippen molar-refractivity contribution < 1.29 is 32.2 Å². The van der Waals surface area contributed by atoms with Crippen molar-refractivity contribution in [2.45, 2.75) is 19.0 Å². The van der Waals surface area contributed by atoms with Crippen molar-refractivity contribution in [3.8, 4) is 0 Å². The molecule has 0 aromatic carbocycles. The molecule has 92 valence electrons. The lowest BCUT2D eigenvalue weighted by molar-refractivity contribution is -0.183. The zero-order valence-electron chi connectivity index (χ0n) is 8.60. The highest BCUT2D eigenvalue weighted by atomic mass is 19.4. The first-order chi connectivity index (χ1) is 7.26. The molecule has 16 heavy (non-hydrogen) atoms. The minimum atomic E-state index is -4.57. The van der Waals surface area contributed by atoms with Gasteiger partial charge in [-0.3, -0.25) is 4.79 Å². The fraction of sp³-hybridized carbons (Fsp3) is 0.556. The fourth-order valence-corrected chi connectivity index (χ4v) is 0.707. The molecule has 0 heterocycles. The van der Waals surface area contributed by atoms with Crippen molar-refractivity contribution in [2.75, 3.05) is 13.7 Å². The molecule has 0 atom stereocenters. The SMILES string of the molecule is C=C(CCC(=O)OC)C(=O)OCC(F)(F)F. The summed E-state index contributed by atoms with van der Waals surface area (Å²) >= 11 is 0. The Morgan fingerprint density at radius 3 is 2.25 bits per heavy atom. The summed E-state index contributed by atoms with van der Waals surface area (Å²) in [7, 11) is 1.16. The normalized spacial score (nSPS) is 10.8. The lowest BCUT2D eigenvalue weighted by Gasteiger charge is -2.08. The highest BCUT2D eigenvalue weighted by Crippen LogP contribution is 2.16. The number of hydrogen-bond donors (Lipinski definition) is 0. The number of ether oxygens (including phenoxy) is 2. The van der Waals surface area contributed by atoms with Gasteiger partial charge in [-0.1, -0.05) is 6.58 Å². The van der Waals surface area contributed by atoms with Crippen molar-refractivity contribution in [2.24, 2.45) is 0 Å². The third-order valence-corrected chi connectivity index (χ3v) is 1.51. The molecular formula is C9H11F3O4. The number of hydrogen-bond acceptors (Lipinski definition) is 4. The average Bonchev–Trinajstić information content (AvgIpc) is 2.20. The van der Waals surface area contributed by atoms with E-state index in [-0.39, 0.29) is 18.4 Å². The van der Waals surface area contributed by atoms with Gasteiger partial charge in [0.05, 0.1) is 7.11 Å². The summed E-state index contributed by atoms with van der Waals surface area (Å²) < 4.78 is 43.2. The van der Waals surface area contributed by atoms with Crippen molar-refractivity contribution >= 4 is 11.9 Å². The van der Waals surface area contributed by atoms with Crippen LogP contribution in [0.2, 0.25) is 0 Å². The van der Waals surface area contributed by atoms with Crippen LogP contribution in [0.25, 0.3) is 0 Å². The molecule has 0 saturated heterocycles. The van der Waals surface area contributed by atoms with E-state index in [0.29, 0.717) is 0 Å². The van der Waals surface area contributed by atoms with E-state index < -0.39 is 24.7 Å². The molecule has 0 unspecified atom stereocenters. The number of methoxy groups -OCH3 is 1. The third-order valence-electron chi connectivity index (χ3n) is 1.51. The van der Waals surface area contributed by atoms with Crippen LogP contribution in [0.1, 0.15) is 12.8 Å². The van der Waals surface area contributed by atoms with Crippen molar-refractivity contribution in [3.63, 3.8) is 0 Å². The summed E-state index contributed by atoms with van der Waals surface area (Å²) in [4.78, 5) is 21.6. The van der Waals surface area contributed by atoms with Crippen LogP contribution in [0.4, 0.5) is 13.2 Å². The predicted molar refractivity (Wildman–Crippen MR) is 47.4 cm³/mol. The molecule has 0 aromatic heterocycles. The van der Waals surface area contributed by atoms with Crippen molar-refractivity contribution in [3.05, 3.63) is 12.2 Å². The summed E-state index contributed by atoms with van der Waals surface area (Å²) in [6.07, 6.45) is -4.79. The van der Waals surface area contributed by atoms with Crippen LogP contribution in [-0.2, 0) is 19.1 Å². The molecule has 0 amide bonds. The van der Waals surface area contributed by atoms with E-state index in [2.05, 4.69) is 16.1 Å². The van der Waals surface area contributed by atoms with E-state index in [9.17, 15) is 22.8 Å². The Kier molecular flexibility index (Phi) is 5.55. The van der Waals surface area contributed by atoms with Gasteiger partial charge < -0.3 is 9.47 Å². The standard InChI is InChI=1S/C9H11F3O4/c1-6(3-4-7(13)15-2)8(14)16-5-9(10,11)12/h1,3-5H2,2H3. The quantitative estimate of drug-likeness (QED) is 0.541. The molecule has 0 rings (SSSR count). The molecule has 0 fully saturated rings. The maximum absolute atomic E-state index is 11.7. The number of halogens is 3. The van der Waals surface area contributed by atoms with Gasteiger partial charge in [0.25, 0.3) is 0 Å². The Labute approximate surface area is 90.0 Å². The van der Waals surface area contributed by atoms with Crippen LogP contribution in [0, 0.1) is 0 Å². The van der Waals surface area contributed by atoms with Gasteiger partial charge in [0.2, 0.25) is 0 Å². The first kappa shape index (κ1) is 14.5. The second-order valence-corrected chi connectivity index (χ2v) is 2.87. The average molecular weight is 240 g/mol. The lowest BCUT2D eigenvalue weighted by Crippen LogP contribution is -2.21. The molecule has 0 spiro atoms. The van der Waals surface area contributed by atoms with E-state index in [1.165, 1.54) is 0 Å². The molecule has 0 aliphatic rings. The molecule has 0 N–H and O–H groups in total. The zero-order valence-corrected chi connectivity index (χ0v) is 8.60. The fourth-order valence-electron chi connectivity index (χ4n) is 0.707. The van der Waals surface area contributed by atoms with Gasteiger partial charge in [0.15, 0.2) is 6.61 Å². The van der Waals surface area contributed by atoms with Gasteiger partial charge in [-0.2, -0.15) is 13.2 Å². The maximum atomic E-state index is 11.7. The Hall–Kier alpha value is -1.53. The Bertz CT molecular complexity index is 283. The van der Waals surface area contributed by atoms with Crippen LogP contribution in [0.3, 0.4) is 0 Å². The van der Waals surface area contributed by atoms with E-state index in [1.807, 2.05) is 0 Å². The summed E-state index contributed by atoms with van der Waals surface area (Å²) in [6.45, 7) is 1.55. The lowest BCUT2D eigenvalue weighted by atomic mass is 10.2. The summed E-state index contributed by atoms with van der Waals surface area (Å²) in [6, 6.07) is 0. The second kappa shape index (κ2) is 6.14. The van der Waals surface area contributed by atoms with Crippen molar-refractivity contribution in [1.82, 2.24) is 0 Å². The van der Waals surface area contributed by atoms with Crippen LogP contribution < -0.4 is 0 Å². The van der Waals surface area contributed by atoms with Crippen LogP contribution >= 0.6 is 0 Å². The molecule has 4 nitrogen and oxygen atoms in total. The predicted octanol–water partition coefficient (Wildman–Crippen LogP) is 1.60. The second-order valence-electron chi connectivity index (χ2n) is 2.87. The zero-order chi connectivity index (χ0) is 12.8. The van der Waals surface area contributed by atoms with Gasteiger partial charge in [-0.15, -0.1) is 0 Å². The van der Waals surface area contributed by atoms with Crippen LogP contribution in [0.5, 0.6) is 0 Å². The molecule has 0 saturated carbocycles. The van der Waals surface area contributed by atoms with E-state index in [1.54, 1.807) is 0 Å².